The molecule has 0 aliphatic rings. The molecule has 5 heavy (non-hydrogen) atoms. The van der Waals surface area contributed by atoms with Gasteiger partial charge in [0, 0.05) is 21.7 Å². The van der Waals surface area contributed by atoms with E-state index in [-0.39, 0.29) is 108 Å². The Balaban J connectivity index is 0. The zero-order chi connectivity index (χ0) is 0. The molecule has 5 heteroatoms. The summed E-state index contributed by atoms with van der Waals surface area (Å²) >= 11 is 0. The largest absolute Gasteiger partial charge is 4.00 e. The second-order valence-electron chi connectivity index (χ2n) is 0. The molecule has 24 valence electrons. The quantitative estimate of drug-likeness (QED) is 0.507. The van der Waals surface area contributed by atoms with Gasteiger partial charge in [-0.15, -0.1) is 0 Å². The van der Waals surface area contributed by atoms with Crippen LogP contribution >= 0.6 is 0 Å². The summed E-state index contributed by atoms with van der Waals surface area (Å²) in [6.45, 7) is 0. The third-order valence-electron chi connectivity index (χ3n) is 0. The van der Waals surface area contributed by atoms with E-state index in [1.807, 2.05) is 0 Å². The van der Waals surface area contributed by atoms with Crippen molar-refractivity contribution < 1.29 is 58.9 Å². The first kappa shape index (κ1) is 42.6. The Labute approximate surface area is 105 Å². The molecule has 0 rings (SSSR count). The molecule has 0 saturated carbocycles. The molecule has 0 unspecified atom stereocenters. The Kier molecular flexibility index (Phi) is 235. The van der Waals surface area contributed by atoms with Crippen LogP contribution < -0.4 is 0 Å². The van der Waals surface area contributed by atoms with Crippen molar-refractivity contribution in [2.75, 3.05) is 0 Å². The molecule has 0 aromatic heterocycles. The summed E-state index contributed by atoms with van der Waals surface area (Å²) in [6.07, 6.45) is 0. The molecule has 0 aliphatic heterocycles. The molecule has 0 radical (unpaired) electrons. The van der Waals surface area contributed by atoms with Gasteiger partial charge in [0.15, 0.2) is 0 Å². The number of hydrogen-bond donors (Lipinski definition) is 0. The van der Waals surface area contributed by atoms with Gasteiger partial charge < -0.3 is 11.0 Å². The summed E-state index contributed by atoms with van der Waals surface area (Å²) in [5.41, 5.74) is 0. The fourth-order valence-electron chi connectivity index (χ4n) is 0. The van der Waals surface area contributed by atoms with Crippen LogP contribution in [0.15, 0.2) is 0 Å². The molecule has 0 heterocycles. The monoisotopic (exact) mass is 310 g/mol. The summed E-state index contributed by atoms with van der Waals surface area (Å²) in [5, 5.41) is 0. The molecule has 0 aliphatic carbocycles. The summed E-state index contributed by atoms with van der Waals surface area (Å²) in [5.74, 6) is 0. The maximum absolute atomic E-state index is 0. The first-order valence-corrected chi connectivity index (χ1v) is 0. The molecule has 0 aromatic carbocycles. The van der Waals surface area contributed by atoms with Crippen molar-refractivity contribution in [3.05, 3.63) is 0 Å². The van der Waals surface area contributed by atoms with Gasteiger partial charge in [0.1, 0.15) is 0 Å². The molecule has 0 saturated heterocycles. The van der Waals surface area contributed by atoms with E-state index in [0.29, 0.717) is 0 Å². The standard InChI is InChI=1S/Ba.2O.Ti.Zr.2H/q;2*-2;;+4;;. The van der Waals surface area contributed by atoms with Gasteiger partial charge in [0.05, 0.1) is 0 Å². The van der Waals surface area contributed by atoms with Crippen molar-refractivity contribution in [2.24, 2.45) is 0 Å². The minimum Gasteiger partial charge on any atom is -2.00 e. The minimum atomic E-state index is 0. The molecule has 0 fully saturated rings. The molecule has 0 spiro atoms. The first-order valence-electron chi connectivity index (χ1n) is 0. The molecule has 2 nitrogen and oxygen atoms in total. The number of hydrogen-bond acceptors (Lipinski definition) is 0. The zero-order valence-electron chi connectivity index (χ0n) is 1.82. The summed E-state index contributed by atoms with van der Waals surface area (Å²) < 4.78 is 0. The topological polar surface area (TPSA) is 57.0 Å². The molecule has 0 amide bonds. The molecule has 0 bridgehead atoms. The van der Waals surface area contributed by atoms with Gasteiger partial charge in [-0.1, -0.05) is 0 Å². The van der Waals surface area contributed by atoms with Gasteiger partial charge in [0.2, 0.25) is 0 Å². The summed E-state index contributed by atoms with van der Waals surface area (Å²) in [7, 11) is 0. The summed E-state index contributed by atoms with van der Waals surface area (Å²) in [4.78, 5) is 0. The molecule has 0 N–H and O–H groups in total. The summed E-state index contributed by atoms with van der Waals surface area (Å²) in [6, 6.07) is 0. The van der Waals surface area contributed by atoms with Crippen LogP contribution in [0.3, 0.4) is 0 Å². The van der Waals surface area contributed by atoms with E-state index >= 15 is 0 Å². The van der Waals surface area contributed by atoms with Crippen LogP contribution in [0.25, 0.3) is 0 Å². The van der Waals surface area contributed by atoms with E-state index in [1.165, 1.54) is 0 Å². The van der Waals surface area contributed by atoms with Gasteiger partial charge >= 0.3 is 75.1 Å². The second kappa shape index (κ2) is 27.5. The van der Waals surface area contributed by atoms with Crippen molar-refractivity contribution in [2.45, 2.75) is 0 Å². The Morgan fingerprint density at radius 1 is 0.800 bits per heavy atom. The van der Waals surface area contributed by atoms with Crippen LogP contribution in [0, 0.1) is 0 Å². The van der Waals surface area contributed by atoms with Gasteiger partial charge in [-0.25, -0.2) is 0 Å². The second-order valence-corrected chi connectivity index (χ2v) is 0. The van der Waals surface area contributed by atoms with Gasteiger partial charge in [0.25, 0.3) is 0 Å². The first-order chi connectivity index (χ1) is 0. The maximum atomic E-state index is 0. The van der Waals surface area contributed by atoms with E-state index < -0.39 is 0 Å². The van der Waals surface area contributed by atoms with Crippen LogP contribution in [-0.2, 0) is 58.9 Å². The van der Waals surface area contributed by atoms with Gasteiger partial charge in [-0.05, 0) is 0 Å². The van der Waals surface area contributed by atoms with Crippen molar-refractivity contribution >= 4 is 48.9 Å². The van der Waals surface area contributed by atoms with Crippen molar-refractivity contribution in [1.82, 2.24) is 0 Å². The van der Waals surface area contributed by atoms with Crippen molar-refractivity contribution in [3.63, 3.8) is 0 Å². The smallest absolute Gasteiger partial charge is 2.00 e. The molecule has 0 aromatic rings. The minimum absolute atomic E-state index is 0. The van der Waals surface area contributed by atoms with Gasteiger partial charge in [-0.3, -0.25) is 0 Å². The maximum Gasteiger partial charge on any atom is 4.00 e. The average Bonchev–Trinajstić information content (AvgIpc) is 0. The van der Waals surface area contributed by atoms with E-state index in [4.69, 9.17) is 0 Å². The normalized spacial score (nSPS) is 0. The van der Waals surface area contributed by atoms with Crippen molar-refractivity contribution in [1.29, 1.82) is 0 Å². The third-order valence-corrected chi connectivity index (χ3v) is 0. The van der Waals surface area contributed by atoms with Gasteiger partial charge in [-0.2, -0.15) is 0 Å². The third kappa shape index (κ3) is 19.2. The molecule has 0 atom stereocenters. The Bertz CT molecular complexity index is 9.61. The Morgan fingerprint density at radius 2 is 0.800 bits per heavy atom. The predicted molar refractivity (Wildman–Crippen MR) is 9.92 cm³/mol. The fourth-order valence-corrected chi connectivity index (χ4v) is 0. The number of rotatable bonds is 0. The average molecular weight is 310 g/mol. The van der Waals surface area contributed by atoms with Crippen LogP contribution in [0.2, 0.25) is 0 Å². The van der Waals surface area contributed by atoms with E-state index in [2.05, 4.69) is 0 Å². The molecular formula is H2BaO2TiZr. The van der Waals surface area contributed by atoms with E-state index in [1.54, 1.807) is 0 Å². The SMILES string of the molecule is [BaH2].[O-2].[O-2].[Ti].[Zr+4]. The van der Waals surface area contributed by atoms with Crippen LogP contribution in [0.4, 0.5) is 0 Å². The van der Waals surface area contributed by atoms with E-state index in [0.717, 1.165) is 0 Å². The Morgan fingerprint density at radius 3 is 0.800 bits per heavy atom. The molecular weight excluding hydrogens is 308 g/mol. The zero-order valence-corrected chi connectivity index (χ0v) is 5.84. The Hall–Kier alpha value is 3.09. The predicted octanol–water partition coefficient (Wildman–Crippen LogP) is -1.16. The van der Waals surface area contributed by atoms with Crippen molar-refractivity contribution in [3.8, 4) is 0 Å². The van der Waals surface area contributed by atoms with Crippen LogP contribution in [-0.4, -0.2) is 48.9 Å². The van der Waals surface area contributed by atoms with Crippen LogP contribution in [0.1, 0.15) is 0 Å². The fraction of sp³-hybridized carbons (Fsp3) is 0. The van der Waals surface area contributed by atoms with Crippen LogP contribution in [0.5, 0.6) is 0 Å². The van der Waals surface area contributed by atoms with E-state index in [9.17, 15) is 0 Å².